The number of aromatic nitrogens is 1. The Morgan fingerprint density at radius 2 is 2.07 bits per heavy atom. The second kappa shape index (κ2) is 7.64. The summed E-state index contributed by atoms with van der Waals surface area (Å²) in [7, 11) is 3.87. The normalized spacial score (nSPS) is 24.0. The quantitative estimate of drug-likeness (QED) is 0.731. The number of carbonyl (C=O) groups excluding carboxylic acids is 1. The van der Waals surface area contributed by atoms with Gasteiger partial charge in [0.1, 0.15) is 11.5 Å². The van der Waals surface area contributed by atoms with Gasteiger partial charge in [-0.05, 0) is 75.2 Å². The maximum atomic E-state index is 12.6. The van der Waals surface area contributed by atoms with Gasteiger partial charge in [0.05, 0.1) is 7.11 Å². The number of carbonyl (C=O) groups is 1. The molecule has 152 valence electrons. The van der Waals surface area contributed by atoms with Gasteiger partial charge in [0.25, 0.3) is 0 Å². The molecule has 1 fully saturated rings. The van der Waals surface area contributed by atoms with Crippen LogP contribution < -0.4 is 4.74 Å². The molecule has 0 spiro atoms. The highest BCUT2D eigenvalue weighted by Crippen LogP contribution is 2.48. The van der Waals surface area contributed by atoms with Crippen LogP contribution >= 0.6 is 0 Å². The topological polar surface area (TPSA) is 51.7 Å². The van der Waals surface area contributed by atoms with Gasteiger partial charge in [-0.1, -0.05) is 18.2 Å². The zero-order valence-electron chi connectivity index (χ0n) is 17.6. The van der Waals surface area contributed by atoms with Crippen LogP contribution in [0, 0.1) is 13.8 Å². The molecule has 0 saturated carbocycles. The van der Waals surface area contributed by atoms with E-state index in [1.54, 1.807) is 13.3 Å². The van der Waals surface area contributed by atoms with E-state index in [0.717, 1.165) is 48.4 Å². The Balaban J connectivity index is 1.60. The second-order valence-corrected chi connectivity index (χ2v) is 8.22. The minimum atomic E-state index is -0.372. The summed E-state index contributed by atoms with van der Waals surface area (Å²) >= 11 is 0. The monoisotopic (exact) mass is 392 g/mol. The number of methoxy groups -OCH3 is 1. The average Bonchev–Trinajstić information content (AvgIpc) is 3.05. The smallest absolute Gasteiger partial charge is 0.362 e. The summed E-state index contributed by atoms with van der Waals surface area (Å²) in [5.74, 6) is 1.29. The number of rotatable bonds is 4. The van der Waals surface area contributed by atoms with E-state index in [-0.39, 0.29) is 11.4 Å². The van der Waals surface area contributed by atoms with Crippen molar-refractivity contribution in [1.29, 1.82) is 0 Å². The van der Waals surface area contributed by atoms with Crippen molar-refractivity contribution in [2.24, 2.45) is 0 Å². The number of pyridine rings is 1. The first-order chi connectivity index (χ1) is 13.9. The van der Waals surface area contributed by atoms with Crippen LogP contribution in [-0.4, -0.2) is 42.6 Å². The van der Waals surface area contributed by atoms with E-state index in [2.05, 4.69) is 48.1 Å². The van der Waals surface area contributed by atoms with Crippen molar-refractivity contribution >= 4 is 5.97 Å². The van der Waals surface area contributed by atoms with Crippen molar-refractivity contribution in [3.05, 3.63) is 70.7 Å². The predicted molar refractivity (Wildman–Crippen MR) is 112 cm³/mol. The average molecular weight is 392 g/mol. The van der Waals surface area contributed by atoms with E-state index in [1.165, 1.54) is 5.56 Å². The fourth-order valence-corrected chi connectivity index (χ4v) is 4.87. The van der Waals surface area contributed by atoms with Gasteiger partial charge >= 0.3 is 5.97 Å². The first-order valence-electron chi connectivity index (χ1n) is 10.1. The van der Waals surface area contributed by atoms with E-state index in [1.807, 2.05) is 19.1 Å². The molecule has 2 aromatic rings. The maximum absolute atomic E-state index is 12.6. The van der Waals surface area contributed by atoms with Crippen LogP contribution in [0.25, 0.3) is 0 Å². The fourth-order valence-electron chi connectivity index (χ4n) is 4.87. The van der Waals surface area contributed by atoms with Gasteiger partial charge in [0.15, 0.2) is 5.69 Å². The number of esters is 1. The number of likely N-dealkylation sites (tertiary alicyclic amines) is 1. The van der Waals surface area contributed by atoms with Gasteiger partial charge in [0.2, 0.25) is 0 Å². The lowest BCUT2D eigenvalue weighted by Crippen LogP contribution is -2.43. The van der Waals surface area contributed by atoms with Gasteiger partial charge < -0.3 is 14.4 Å². The Morgan fingerprint density at radius 3 is 2.79 bits per heavy atom. The van der Waals surface area contributed by atoms with Gasteiger partial charge in [0, 0.05) is 24.1 Å². The SMILES string of the molecule is COc1ccc(C23CC=C(OC(=O)c4ncccc4C)CC2N(C)CC3)cc1C. The lowest BCUT2D eigenvalue weighted by atomic mass is 9.68. The van der Waals surface area contributed by atoms with Crippen LogP contribution in [0.1, 0.15) is 46.4 Å². The molecule has 1 aliphatic carbocycles. The number of benzene rings is 1. The third-order valence-electron chi connectivity index (χ3n) is 6.57. The van der Waals surface area contributed by atoms with Crippen LogP contribution in [0.15, 0.2) is 48.4 Å². The van der Waals surface area contributed by atoms with E-state index in [4.69, 9.17) is 9.47 Å². The molecule has 0 N–H and O–H groups in total. The molecular formula is C24H28N2O3. The van der Waals surface area contributed by atoms with Crippen molar-refractivity contribution in [2.75, 3.05) is 20.7 Å². The van der Waals surface area contributed by atoms with Crippen molar-refractivity contribution in [3.8, 4) is 5.75 Å². The summed E-state index contributed by atoms with van der Waals surface area (Å²) in [5, 5.41) is 0. The molecule has 2 aliphatic rings. The number of fused-ring (bicyclic) bond motifs is 1. The third kappa shape index (κ3) is 3.44. The molecule has 1 aromatic heterocycles. The fraction of sp³-hybridized carbons (Fsp3) is 0.417. The Hall–Kier alpha value is -2.66. The molecule has 2 atom stereocenters. The summed E-state index contributed by atoms with van der Waals surface area (Å²) in [4.78, 5) is 19.2. The zero-order chi connectivity index (χ0) is 20.6. The van der Waals surface area contributed by atoms with Crippen LogP contribution in [0.5, 0.6) is 5.75 Å². The predicted octanol–water partition coefficient (Wildman–Crippen LogP) is 4.18. The molecule has 5 nitrogen and oxygen atoms in total. The first-order valence-corrected chi connectivity index (χ1v) is 10.1. The number of ether oxygens (including phenoxy) is 2. The van der Waals surface area contributed by atoms with E-state index in [9.17, 15) is 4.79 Å². The van der Waals surface area contributed by atoms with Crippen molar-refractivity contribution in [2.45, 2.75) is 44.6 Å². The molecule has 1 aliphatic heterocycles. The number of nitrogens with zero attached hydrogens (tertiary/aromatic N) is 2. The lowest BCUT2D eigenvalue weighted by molar-refractivity contribution is 0.0572. The molecule has 0 radical (unpaired) electrons. The van der Waals surface area contributed by atoms with Crippen LogP contribution in [-0.2, 0) is 10.2 Å². The van der Waals surface area contributed by atoms with Gasteiger partial charge in [-0.2, -0.15) is 0 Å². The second-order valence-electron chi connectivity index (χ2n) is 8.22. The van der Waals surface area contributed by atoms with E-state index in [0.29, 0.717) is 11.7 Å². The molecule has 1 saturated heterocycles. The van der Waals surface area contributed by atoms with Crippen LogP contribution in [0.2, 0.25) is 0 Å². The summed E-state index contributed by atoms with van der Waals surface area (Å²) in [6.45, 7) is 5.00. The molecule has 29 heavy (non-hydrogen) atoms. The minimum absolute atomic E-state index is 0.0442. The lowest BCUT2D eigenvalue weighted by Gasteiger charge is -2.40. The van der Waals surface area contributed by atoms with Crippen LogP contribution in [0.3, 0.4) is 0 Å². The molecule has 2 unspecified atom stereocenters. The third-order valence-corrected chi connectivity index (χ3v) is 6.57. The molecule has 1 aromatic carbocycles. The minimum Gasteiger partial charge on any atom is -0.496 e. The van der Waals surface area contributed by atoms with E-state index >= 15 is 0 Å². The number of allylic oxidation sites excluding steroid dienone is 1. The Labute approximate surface area is 172 Å². The molecule has 0 amide bonds. The molecule has 4 rings (SSSR count). The van der Waals surface area contributed by atoms with Crippen molar-refractivity contribution < 1.29 is 14.3 Å². The Morgan fingerprint density at radius 1 is 1.24 bits per heavy atom. The van der Waals surface area contributed by atoms with Crippen molar-refractivity contribution in [3.63, 3.8) is 0 Å². The summed E-state index contributed by atoms with van der Waals surface area (Å²) < 4.78 is 11.2. The number of hydrogen-bond acceptors (Lipinski definition) is 5. The number of aryl methyl sites for hydroxylation is 2. The van der Waals surface area contributed by atoms with Crippen LogP contribution in [0.4, 0.5) is 0 Å². The first kappa shape index (κ1) is 19.6. The summed E-state index contributed by atoms with van der Waals surface area (Å²) in [6.07, 6.45) is 6.40. The Bertz CT molecular complexity index is 968. The molecular weight excluding hydrogens is 364 g/mol. The number of hydrogen-bond donors (Lipinski definition) is 0. The highest BCUT2D eigenvalue weighted by atomic mass is 16.5. The Kier molecular flexibility index (Phi) is 5.17. The molecule has 0 bridgehead atoms. The standard InChI is InChI=1S/C24H28N2O3/c1-16-6-5-12-25-22(16)23(27)29-19-9-10-24(11-13-26(3)21(24)15-19)18-7-8-20(28-4)17(2)14-18/h5-9,12,14,21H,10-11,13,15H2,1-4H3. The van der Waals surface area contributed by atoms with Gasteiger partial charge in [-0.3, -0.25) is 0 Å². The summed E-state index contributed by atoms with van der Waals surface area (Å²) in [6, 6.07) is 10.5. The van der Waals surface area contributed by atoms with Crippen molar-refractivity contribution in [1.82, 2.24) is 9.88 Å². The largest absolute Gasteiger partial charge is 0.496 e. The highest BCUT2D eigenvalue weighted by Gasteiger charge is 2.49. The van der Waals surface area contributed by atoms with Gasteiger partial charge in [-0.15, -0.1) is 0 Å². The molecule has 5 heteroatoms. The highest BCUT2D eigenvalue weighted by molar-refractivity contribution is 5.89. The van der Waals surface area contributed by atoms with Gasteiger partial charge in [-0.25, -0.2) is 9.78 Å². The van der Waals surface area contributed by atoms with E-state index < -0.39 is 0 Å². The summed E-state index contributed by atoms with van der Waals surface area (Å²) in [5.41, 5.74) is 3.75. The number of likely N-dealkylation sites (N-methyl/N-ethyl adjacent to an activating group) is 1. The maximum Gasteiger partial charge on any atom is 0.362 e. The zero-order valence-corrected chi connectivity index (χ0v) is 17.6. The molecule has 2 heterocycles.